The van der Waals surface area contributed by atoms with Crippen LogP contribution in [0.15, 0.2) is 0 Å². The Kier molecular flexibility index (Phi) is 4.90. The molecule has 1 heterocycles. The van der Waals surface area contributed by atoms with Crippen LogP contribution in [-0.4, -0.2) is 25.8 Å². The molecule has 0 aliphatic carbocycles. The Morgan fingerprint density at radius 3 is 2.50 bits per heavy atom. The average Bonchev–Trinajstić information content (AvgIpc) is 2.65. The molecule has 1 N–H and O–H groups in total. The van der Waals surface area contributed by atoms with Gasteiger partial charge >= 0.3 is 0 Å². The molecule has 84 valence electrons. The molecule has 0 saturated carbocycles. The van der Waals surface area contributed by atoms with Crippen LogP contribution in [0, 0.1) is 17.8 Å². The summed E-state index contributed by atoms with van der Waals surface area (Å²) >= 11 is 0. The molecular formula is C12H25NO. The maximum Gasteiger partial charge on any atom is 0.0498 e. The summed E-state index contributed by atoms with van der Waals surface area (Å²) in [6.07, 6.45) is 1.25. The molecular weight excluding hydrogens is 174 g/mol. The summed E-state index contributed by atoms with van der Waals surface area (Å²) in [5, 5.41) is 3.60. The fourth-order valence-electron chi connectivity index (χ4n) is 2.53. The quantitative estimate of drug-likeness (QED) is 0.733. The van der Waals surface area contributed by atoms with E-state index < -0.39 is 0 Å². The van der Waals surface area contributed by atoms with Crippen LogP contribution in [0.5, 0.6) is 0 Å². The lowest BCUT2D eigenvalue weighted by Crippen LogP contribution is -2.42. The van der Waals surface area contributed by atoms with Gasteiger partial charge in [0.2, 0.25) is 0 Å². The predicted molar refractivity (Wildman–Crippen MR) is 60.4 cm³/mol. The fourth-order valence-corrected chi connectivity index (χ4v) is 2.53. The normalized spacial score (nSPS) is 26.8. The molecule has 0 aromatic heterocycles. The van der Waals surface area contributed by atoms with Crippen molar-refractivity contribution in [3.8, 4) is 0 Å². The smallest absolute Gasteiger partial charge is 0.0498 e. The minimum atomic E-state index is 0.645. The van der Waals surface area contributed by atoms with E-state index in [0.29, 0.717) is 12.0 Å². The zero-order valence-electron chi connectivity index (χ0n) is 10.0. The molecule has 2 heteroatoms. The van der Waals surface area contributed by atoms with Crippen molar-refractivity contribution >= 4 is 0 Å². The Hall–Kier alpha value is -0.0800. The summed E-state index contributed by atoms with van der Waals surface area (Å²) in [4.78, 5) is 0. The Labute approximate surface area is 88.4 Å². The number of hydrogen-bond donors (Lipinski definition) is 1. The Morgan fingerprint density at radius 1 is 1.36 bits per heavy atom. The van der Waals surface area contributed by atoms with Gasteiger partial charge in [-0.15, -0.1) is 0 Å². The van der Waals surface area contributed by atoms with E-state index in [4.69, 9.17) is 4.74 Å². The highest BCUT2D eigenvalue weighted by atomic mass is 16.5. The van der Waals surface area contributed by atoms with Crippen molar-refractivity contribution in [2.75, 3.05) is 19.8 Å². The SMILES string of the molecule is CCNC(C(C)C)C(C)C1CCOC1. The first kappa shape index (κ1) is 12.0. The van der Waals surface area contributed by atoms with Gasteiger partial charge in [-0.2, -0.15) is 0 Å². The van der Waals surface area contributed by atoms with Crippen molar-refractivity contribution in [1.29, 1.82) is 0 Å². The van der Waals surface area contributed by atoms with Gasteiger partial charge < -0.3 is 10.1 Å². The number of ether oxygens (including phenoxy) is 1. The van der Waals surface area contributed by atoms with Crippen LogP contribution in [0.2, 0.25) is 0 Å². The van der Waals surface area contributed by atoms with E-state index in [1.54, 1.807) is 0 Å². The summed E-state index contributed by atoms with van der Waals surface area (Å²) in [7, 11) is 0. The second kappa shape index (κ2) is 5.72. The van der Waals surface area contributed by atoms with Gasteiger partial charge in [0.25, 0.3) is 0 Å². The Bertz CT molecular complexity index is 152. The summed E-state index contributed by atoms with van der Waals surface area (Å²) in [5.41, 5.74) is 0. The molecule has 0 bridgehead atoms. The lowest BCUT2D eigenvalue weighted by Gasteiger charge is -2.31. The van der Waals surface area contributed by atoms with E-state index in [-0.39, 0.29) is 0 Å². The van der Waals surface area contributed by atoms with Gasteiger partial charge in [-0.3, -0.25) is 0 Å². The Morgan fingerprint density at radius 2 is 2.07 bits per heavy atom. The number of nitrogens with one attached hydrogen (secondary N) is 1. The second-order valence-corrected chi connectivity index (χ2v) is 4.81. The standard InChI is InChI=1S/C12H25NO/c1-5-13-12(9(2)3)10(4)11-6-7-14-8-11/h9-13H,5-8H2,1-4H3. The van der Waals surface area contributed by atoms with E-state index in [2.05, 4.69) is 33.0 Å². The summed E-state index contributed by atoms with van der Waals surface area (Å²) in [5.74, 6) is 2.21. The molecule has 14 heavy (non-hydrogen) atoms. The minimum Gasteiger partial charge on any atom is -0.381 e. The van der Waals surface area contributed by atoms with Crippen LogP contribution in [0.3, 0.4) is 0 Å². The molecule has 0 amide bonds. The fraction of sp³-hybridized carbons (Fsp3) is 1.00. The van der Waals surface area contributed by atoms with Gasteiger partial charge in [-0.25, -0.2) is 0 Å². The van der Waals surface area contributed by atoms with Crippen LogP contribution in [-0.2, 0) is 4.74 Å². The second-order valence-electron chi connectivity index (χ2n) is 4.81. The van der Waals surface area contributed by atoms with Crippen molar-refractivity contribution < 1.29 is 4.74 Å². The van der Waals surface area contributed by atoms with E-state index in [0.717, 1.165) is 31.6 Å². The third-order valence-corrected chi connectivity index (χ3v) is 3.43. The molecule has 3 atom stereocenters. The lowest BCUT2D eigenvalue weighted by molar-refractivity contribution is 0.156. The van der Waals surface area contributed by atoms with E-state index in [1.807, 2.05) is 0 Å². The average molecular weight is 199 g/mol. The highest BCUT2D eigenvalue weighted by Crippen LogP contribution is 2.27. The van der Waals surface area contributed by atoms with E-state index >= 15 is 0 Å². The molecule has 0 spiro atoms. The molecule has 1 aliphatic heterocycles. The third kappa shape index (κ3) is 2.96. The maximum absolute atomic E-state index is 5.46. The summed E-state index contributed by atoms with van der Waals surface area (Å²) in [6.45, 7) is 12.2. The highest BCUT2D eigenvalue weighted by Gasteiger charge is 2.29. The zero-order valence-corrected chi connectivity index (χ0v) is 10.0. The van der Waals surface area contributed by atoms with Crippen LogP contribution in [0.1, 0.15) is 34.1 Å². The maximum atomic E-state index is 5.46. The molecule has 1 saturated heterocycles. The predicted octanol–water partition coefficient (Wildman–Crippen LogP) is 2.29. The first-order valence-electron chi connectivity index (χ1n) is 5.98. The Balaban J connectivity index is 2.48. The van der Waals surface area contributed by atoms with Crippen LogP contribution in [0.25, 0.3) is 0 Å². The topological polar surface area (TPSA) is 21.3 Å². The molecule has 1 rings (SSSR count). The van der Waals surface area contributed by atoms with Gasteiger partial charge in [-0.1, -0.05) is 27.7 Å². The van der Waals surface area contributed by atoms with E-state index in [1.165, 1.54) is 6.42 Å². The van der Waals surface area contributed by atoms with Crippen LogP contribution in [0.4, 0.5) is 0 Å². The lowest BCUT2D eigenvalue weighted by atomic mass is 9.82. The zero-order chi connectivity index (χ0) is 10.6. The molecule has 0 aromatic rings. The molecule has 0 radical (unpaired) electrons. The van der Waals surface area contributed by atoms with Gasteiger partial charge in [0.05, 0.1) is 0 Å². The van der Waals surface area contributed by atoms with Gasteiger partial charge in [0, 0.05) is 19.3 Å². The summed E-state index contributed by atoms with van der Waals surface area (Å²) < 4.78 is 5.46. The highest BCUT2D eigenvalue weighted by molar-refractivity contribution is 4.82. The summed E-state index contributed by atoms with van der Waals surface area (Å²) in [6, 6.07) is 0.645. The van der Waals surface area contributed by atoms with Crippen molar-refractivity contribution in [3.63, 3.8) is 0 Å². The monoisotopic (exact) mass is 199 g/mol. The van der Waals surface area contributed by atoms with Gasteiger partial charge in [-0.05, 0) is 30.7 Å². The largest absolute Gasteiger partial charge is 0.381 e. The van der Waals surface area contributed by atoms with Crippen molar-refractivity contribution in [1.82, 2.24) is 5.32 Å². The van der Waals surface area contributed by atoms with Crippen LogP contribution >= 0.6 is 0 Å². The number of hydrogen-bond acceptors (Lipinski definition) is 2. The van der Waals surface area contributed by atoms with Gasteiger partial charge in [0.1, 0.15) is 0 Å². The van der Waals surface area contributed by atoms with Crippen molar-refractivity contribution in [2.45, 2.75) is 40.2 Å². The molecule has 2 nitrogen and oxygen atoms in total. The molecule has 0 aromatic carbocycles. The molecule has 1 fully saturated rings. The van der Waals surface area contributed by atoms with Crippen molar-refractivity contribution in [2.24, 2.45) is 17.8 Å². The van der Waals surface area contributed by atoms with E-state index in [9.17, 15) is 0 Å². The minimum absolute atomic E-state index is 0.645. The van der Waals surface area contributed by atoms with Crippen molar-refractivity contribution in [3.05, 3.63) is 0 Å². The van der Waals surface area contributed by atoms with Crippen LogP contribution < -0.4 is 5.32 Å². The molecule has 1 aliphatic rings. The number of rotatable bonds is 5. The molecule has 3 unspecified atom stereocenters. The first-order valence-corrected chi connectivity index (χ1v) is 5.98. The van der Waals surface area contributed by atoms with Gasteiger partial charge in [0.15, 0.2) is 0 Å². The third-order valence-electron chi connectivity index (χ3n) is 3.43. The first-order chi connectivity index (χ1) is 6.66.